The molecule has 2 heterocycles. The number of rotatable bonds is 2. The van der Waals surface area contributed by atoms with E-state index in [4.69, 9.17) is 0 Å². The van der Waals surface area contributed by atoms with Gasteiger partial charge < -0.3 is 5.11 Å². The van der Waals surface area contributed by atoms with E-state index >= 15 is 0 Å². The second-order valence-corrected chi connectivity index (χ2v) is 6.93. The van der Waals surface area contributed by atoms with Crippen molar-refractivity contribution < 1.29 is 5.11 Å². The average Bonchev–Trinajstić information content (AvgIpc) is 2.71. The van der Waals surface area contributed by atoms with E-state index in [1.807, 2.05) is 35.6 Å². The third kappa shape index (κ3) is 2.28. The number of aryl methyl sites for hydroxylation is 1. The van der Waals surface area contributed by atoms with Crippen LogP contribution in [0.3, 0.4) is 0 Å². The summed E-state index contributed by atoms with van der Waals surface area (Å²) >= 11 is 1.87. The van der Waals surface area contributed by atoms with E-state index in [1.165, 1.54) is 5.39 Å². The topological polar surface area (TPSA) is 38.1 Å². The summed E-state index contributed by atoms with van der Waals surface area (Å²) < 4.78 is 1.91. The predicted octanol–water partition coefficient (Wildman–Crippen LogP) is 2.76. The first-order chi connectivity index (χ1) is 9.10. The minimum atomic E-state index is -0.611. The molecule has 0 spiro atoms. The molecule has 0 amide bonds. The van der Waals surface area contributed by atoms with E-state index in [-0.39, 0.29) is 5.25 Å². The van der Waals surface area contributed by atoms with Crippen LogP contribution < -0.4 is 0 Å². The number of hydrogen-bond donors (Lipinski definition) is 1. The Labute approximate surface area is 118 Å². The second-order valence-electron chi connectivity index (χ2n) is 5.48. The molecule has 19 heavy (non-hydrogen) atoms. The second kappa shape index (κ2) is 4.84. The van der Waals surface area contributed by atoms with E-state index in [2.05, 4.69) is 24.2 Å². The molecule has 0 aliphatic carbocycles. The van der Waals surface area contributed by atoms with Gasteiger partial charge >= 0.3 is 0 Å². The fraction of sp³-hybridized carbons (Fsp3) is 0.533. The van der Waals surface area contributed by atoms with Gasteiger partial charge in [-0.2, -0.15) is 16.9 Å². The summed E-state index contributed by atoms with van der Waals surface area (Å²) in [6.07, 6.45) is 2.63. The van der Waals surface area contributed by atoms with Gasteiger partial charge in [0.05, 0.1) is 16.8 Å². The molecule has 1 aliphatic heterocycles. The van der Waals surface area contributed by atoms with Crippen LogP contribution in [-0.2, 0) is 13.5 Å². The van der Waals surface area contributed by atoms with Gasteiger partial charge in [-0.15, -0.1) is 0 Å². The monoisotopic (exact) mass is 276 g/mol. The van der Waals surface area contributed by atoms with Crippen LogP contribution in [0.4, 0.5) is 0 Å². The summed E-state index contributed by atoms with van der Waals surface area (Å²) in [6.45, 7) is 2.13. The molecule has 4 heteroatoms. The average molecular weight is 276 g/mol. The van der Waals surface area contributed by atoms with Crippen LogP contribution in [0.2, 0.25) is 0 Å². The van der Waals surface area contributed by atoms with Crippen LogP contribution >= 0.6 is 11.8 Å². The van der Waals surface area contributed by atoms with Crippen LogP contribution in [0, 0.1) is 0 Å². The summed E-state index contributed by atoms with van der Waals surface area (Å²) in [4.78, 5) is 0. The van der Waals surface area contributed by atoms with Gasteiger partial charge in [-0.3, -0.25) is 4.68 Å². The minimum absolute atomic E-state index is 0.280. The molecular weight excluding hydrogens is 256 g/mol. The molecule has 2 aromatic rings. The molecule has 1 aromatic heterocycles. The maximum atomic E-state index is 10.9. The van der Waals surface area contributed by atoms with Crippen molar-refractivity contribution in [1.29, 1.82) is 0 Å². The number of para-hydroxylation sites is 1. The Morgan fingerprint density at radius 3 is 3.05 bits per heavy atom. The molecular formula is C15H20N2OS. The van der Waals surface area contributed by atoms with Gasteiger partial charge in [-0.1, -0.05) is 25.1 Å². The molecule has 1 aliphatic rings. The number of aliphatic hydroxyl groups is 1. The summed E-state index contributed by atoms with van der Waals surface area (Å²) in [5.41, 5.74) is 1.55. The fourth-order valence-electron chi connectivity index (χ4n) is 2.94. The Balaban J connectivity index is 1.97. The van der Waals surface area contributed by atoms with Crippen molar-refractivity contribution in [1.82, 2.24) is 9.78 Å². The number of aromatic nitrogens is 2. The lowest BCUT2D eigenvalue weighted by Crippen LogP contribution is -2.43. The molecule has 0 saturated carbocycles. The van der Waals surface area contributed by atoms with E-state index in [0.717, 1.165) is 29.8 Å². The van der Waals surface area contributed by atoms with Crippen LogP contribution in [0.5, 0.6) is 0 Å². The lowest BCUT2D eigenvalue weighted by Gasteiger charge is -2.37. The maximum Gasteiger partial charge on any atom is 0.0819 e. The highest BCUT2D eigenvalue weighted by Crippen LogP contribution is 2.37. The van der Waals surface area contributed by atoms with E-state index in [0.29, 0.717) is 6.42 Å². The molecule has 1 N–H and O–H groups in total. The summed E-state index contributed by atoms with van der Waals surface area (Å²) in [6, 6.07) is 8.24. The first-order valence-electron chi connectivity index (χ1n) is 6.85. The van der Waals surface area contributed by atoms with E-state index < -0.39 is 5.60 Å². The minimum Gasteiger partial charge on any atom is -0.388 e. The number of nitrogens with zero attached hydrogens (tertiary/aromatic N) is 2. The van der Waals surface area contributed by atoms with Gasteiger partial charge in [0, 0.05) is 24.1 Å². The molecule has 3 nitrogen and oxygen atoms in total. The van der Waals surface area contributed by atoms with Crippen molar-refractivity contribution in [3.63, 3.8) is 0 Å². The van der Waals surface area contributed by atoms with E-state index in [9.17, 15) is 5.11 Å². The standard InChI is InChI=1S/C15H20N2OS/c1-11-15(18,8-5-9-19-11)10-13-12-6-3-4-7-14(12)17(2)16-13/h3-4,6-7,11,18H,5,8-10H2,1-2H3. The fourth-order valence-corrected chi connectivity index (χ4v) is 4.11. The lowest BCUT2D eigenvalue weighted by atomic mass is 9.88. The zero-order chi connectivity index (χ0) is 13.5. The molecule has 1 fully saturated rings. The zero-order valence-corrected chi connectivity index (χ0v) is 12.3. The Bertz CT molecular complexity index is 595. The molecule has 2 atom stereocenters. The van der Waals surface area contributed by atoms with Crippen LogP contribution in [0.25, 0.3) is 10.9 Å². The van der Waals surface area contributed by atoms with Gasteiger partial charge in [0.2, 0.25) is 0 Å². The summed E-state index contributed by atoms with van der Waals surface area (Å²) in [7, 11) is 1.97. The molecule has 1 saturated heterocycles. The van der Waals surface area contributed by atoms with Crippen molar-refractivity contribution in [3.8, 4) is 0 Å². The maximum absolute atomic E-state index is 10.9. The van der Waals surface area contributed by atoms with E-state index in [1.54, 1.807) is 0 Å². The van der Waals surface area contributed by atoms with Crippen molar-refractivity contribution in [3.05, 3.63) is 30.0 Å². The van der Waals surface area contributed by atoms with Crippen LogP contribution in [0.1, 0.15) is 25.5 Å². The Hall–Kier alpha value is -1.00. The van der Waals surface area contributed by atoms with Crippen molar-refractivity contribution in [2.75, 3.05) is 5.75 Å². The quantitative estimate of drug-likeness (QED) is 0.916. The van der Waals surface area contributed by atoms with Gasteiger partial charge in [0.1, 0.15) is 0 Å². The third-order valence-electron chi connectivity index (χ3n) is 4.19. The number of thioether (sulfide) groups is 1. The third-order valence-corrected chi connectivity index (χ3v) is 5.65. The molecule has 3 rings (SSSR count). The smallest absolute Gasteiger partial charge is 0.0819 e. The lowest BCUT2D eigenvalue weighted by molar-refractivity contribution is 0.0290. The van der Waals surface area contributed by atoms with Gasteiger partial charge in [-0.05, 0) is 24.7 Å². The molecule has 102 valence electrons. The van der Waals surface area contributed by atoms with Crippen LogP contribution in [0.15, 0.2) is 24.3 Å². The van der Waals surface area contributed by atoms with Crippen molar-refractivity contribution in [2.24, 2.45) is 7.05 Å². The van der Waals surface area contributed by atoms with Gasteiger partial charge in [-0.25, -0.2) is 0 Å². The summed E-state index contributed by atoms with van der Waals surface area (Å²) in [5, 5.41) is 17.0. The highest BCUT2D eigenvalue weighted by molar-refractivity contribution is 8.00. The van der Waals surface area contributed by atoms with Gasteiger partial charge in [0.15, 0.2) is 0 Å². The SMILES string of the molecule is CC1SCCCC1(O)Cc1nn(C)c2ccccc12. The Morgan fingerprint density at radius 2 is 2.26 bits per heavy atom. The van der Waals surface area contributed by atoms with Crippen LogP contribution in [-0.4, -0.2) is 31.5 Å². The highest BCUT2D eigenvalue weighted by Gasteiger charge is 2.37. The molecule has 1 aromatic carbocycles. The van der Waals surface area contributed by atoms with Gasteiger partial charge in [0.25, 0.3) is 0 Å². The van der Waals surface area contributed by atoms with Crippen molar-refractivity contribution >= 4 is 22.7 Å². The zero-order valence-electron chi connectivity index (χ0n) is 11.5. The largest absolute Gasteiger partial charge is 0.388 e. The highest BCUT2D eigenvalue weighted by atomic mass is 32.2. The number of benzene rings is 1. The first kappa shape index (κ1) is 13.0. The molecule has 0 bridgehead atoms. The molecule has 0 radical (unpaired) electrons. The normalized spacial score (nSPS) is 27.8. The summed E-state index contributed by atoms with van der Waals surface area (Å²) in [5.74, 6) is 1.16. The van der Waals surface area contributed by atoms with Crippen molar-refractivity contribution in [2.45, 2.75) is 37.0 Å². The number of fused-ring (bicyclic) bond motifs is 1. The molecule has 2 unspecified atom stereocenters. The Morgan fingerprint density at radius 1 is 1.47 bits per heavy atom. The number of hydrogen-bond acceptors (Lipinski definition) is 3. The Kier molecular flexibility index (Phi) is 3.31. The predicted molar refractivity (Wildman–Crippen MR) is 80.5 cm³/mol. The first-order valence-corrected chi connectivity index (χ1v) is 7.90.